The summed E-state index contributed by atoms with van der Waals surface area (Å²) in [6, 6.07) is 14.5. The van der Waals surface area contributed by atoms with Crippen LogP contribution in [-0.2, 0) is 11.3 Å². The Morgan fingerprint density at radius 3 is 2.10 bits per heavy atom. The quantitative estimate of drug-likeness (QED) is 0.649. The third-order valence-corrected chi connectivity index (χ3v) is 6.20. The normalized spacial score (nSPS) is 23.6. The number of piperidine rings is 1. The van der Waals surface area contributed by atoms with Crippen molar-refractivity contribution in [2.24, 2.45) is 5.92 Å². The molecule has 2 aromatic carbocycles. The highest BCUT2D eigenvalue weighted by atomic mass is 16.5. The van der Waals surface area contributed by atoms with Crippen LogP contribution >= 0.6 is 0 Å². The highest BCUT2D eigenvalue weighted by Crippen LogP contribution is 2.40. The van der Waals surface area contributed by atoms with Gasteiger partial charge in [0, 0.05) is 30.1 Å². The van der Waals surface area contributed by atoms with E-state index in [2.05, 4.69) is 29.2 Å². The molecule has 30 heavy (non-hydrogen) atoms. The molecule has 0 N–H and O–H groups in total. The first-order valence-corrected chi connectivity index (χ1v) is 10.4. The smallest absolute Gasteiger partial charge is 0.203 e. The fourth-order valence-electron chi connectivity index (χ4n) is 4.72. The van der Waals surface area contributed by atoms with Crippen molar-refractivity contribution in [1.29, 1.82) is 0 Å². The largest absolute Gasteiger partial charge is 0.493 e. The van der Waals surface area contributed by atoms with Crippen molar-refractivity contribution in [1.82, 2.24) is 4.90 Å². The number of rotatable bonds is 7. The van der Waals surface area contributed by atoms with Gasteiger partial charge >= 0.3 is 0 Å². The van der Waals surface area contributed by atoms with Crippen molar-refractivity contribution in [3.8, 4) is 17.2 Å². The molecule has 2 aliphatic heterocycles. The van der Waals surface area contributed by atoms with Gasteiger partial charge < -0.3 is 18.9 Å². The molecule has 2 heterocycles. The predicted octanol–water partition coefficient (Wildman–Crippen LogP) is 3.57. The number of nitrogens with zero attached hydrogens (tertiary/aromatic N) is 1. The van der Waals surface area contributed by atoms with Crippen LogP contribution in [0, 0.1) is 5.92 Å². The fourth-order valence-corrected chi connectivity index (χ4v) is 4.72. The van der Waals surface area contributed by atoms with Gasteiger partial charge in [-0.1, -0.05) is 30.3 Å². The van der Waals surface area contributed by atoms with E-state index in [1.54, 1.807) is 33.5 Å². The second-order valence-corrected chi connectivity index (χ2v) is 7.95. The first kappa shape index (κ1) is 20.7. The fraction of sp³-hybridized carbons (Fsp3) is 0.458. The SMILES string of the molecule is COc1cc(C(=O)C2CC3COCC(C2)N3Cc2ccccc2)cc(OC)c1OC. The van der Waals surface area contributed by atoms with Gasteiger partial charge in [-0.25, -0.2) is 0 Å². The summed E-state index contributed by atoms with van der Waals surface area (Å²) in [4.78, 5) is 15.9. The minimum Gasteiger partial charge on any atom is -0.493 e. The Kier molecular flexibility index (Phi) is 6.25. The van der Waals surface area contributed by atoms with Gasteiger partial charge in [0.05, 0.1) is 34.5 Å². The summed E-state index contributed by atoms with van der Waals surface area (Å²) < 4.78 is 22.1. The van der Waals surface area contributed by atoms with Crippen LogP contribution in [0.5, 0.6) is 17.2 Å². The van der Waals surface area contributed by atoms with Crippen LogP contribution in [0.25, 0.3) is 0 Å². The number of ketones is 1. The number of hydrogen-bond donors (Lipinski definition) is 0. The number of carbonyl (C=O) groups is 1. The lowest BCUT2D eigenvalue weighted by Crippen LogP contribution is -2.57. The second-order valence-electron chi connectivity index (χ2n) is 7.95. The summed E-state index contributed by atoms with van der Waals surface area (Å²) in [5.41, 5.74) is 1.90. The van der Waals surface area contributed by atoms with E-state index in [9.17, 15) is 4.79 Å². The lowest BCUT2D eigenvalue weighted by molar-refractivity contribution is -0.0872. The monoisotopic (exact) mass is 411 g/mol. The van der Waals surface area contributed by atoms with Crippen LogP contribution in [0.4, 0.5) is 0 Å². The summed E-state index contributed by atoms with van der Waals surface area (Å²) in [6.07, 6.45) is 1.58. The van der Waals surface area contributed by atoms with Gasteiger partial charge in [-0.2, -0.15) is 0 Å². The van der Waals surface area contributed by atoms with Crippen LogP contribution in [0.1, 0.15) is 28.8 Å². The number of Topliss-reactive ketones (excluding diaryl/α,β-unsaturated/α-hetero) is 1. The molecule has 2 fully saturated rings. The molecule has 6 heteroatoms. The van der Waals surface area contributed by atoms with Crippen LogP contribution in [0.3, 0.4) is 0 Å². The second kappa shape index (κ2) is 9.06. The zero-order valence-corrected chi connectivity index (χ0v) is 17.8. The molecule has 2 unspecified atom stereocenters. The molecule has 0 aliphatic carbocycles. The van der Waals surface area contributed by atoms with Gasteiger partial charge in [0.25, 0.3) is 0 Å². The van der Waals surface area contributed by atoms with Crippen LogP contribution in [0.15, 0.2) is 42.5 Å². The van der Waals surface area contributed by atoms with Crippen LogP contribution < -0.4 is 14.2 Å². The molecule has 0 amide bonds. The minimum atomic E-state index is -0.0428. The van der Waals surface area contributed by atoms with Gasteiger partial charge in [-0.05, 0) is 30.5 Å². The van der Waals surface area contributed by atoms with E-state index in [4.69, 9.17) is 18.9 Å². The van der Waals surface area contributed by atoms with E-state index >= 15 is 0 Å². The third kappa shape index (κ3) is 4.02. The van der Waals surface area contributed by atoms with Gasteiger partial charge in [-0.3, -0.25) is 9.69 Å². The van der Waals surface area contributed by atoms with E-state index < -0.39 is 0 Å². The Morgan fingerprint density at radius 2 is 1.57 bits per heavy atom. The maximum Gasteiger partial charge on any atom is 0.203 e. The summed E-state index contributed by atoms with van der Waals surface area (Å²) in [7, 11) is 4.69. The standard InChI is InChI=1S/C24H29NO5/c1-27-21-11-18(12-22(28-2)24(21)29-3)23(26)17-9-19-14-30-15-20(10-17)25(19)13-16-7-5-4-6-8-16/h4-8,11-12,17,19-20H,9-10,13-15H2,1-3H3. The van der Waals surface area contributed by atoms with Crippen molar-refractivity contribution in [2.45, 2.75) is 31.5 Å². The van der Waals surface area contributed by atoms with E-state index in [-0.39, 0.29) is 23.8 Å². The van der Waals surface area contributed by atoms with E-state index in [0.717, 1.165) is 19.4 Å². The molecule has 0 saturated carbocycles. The Morgan fingerprint density at radius 1 is 0.967 bits per heavy atom. The molecule has 2 atom stereocenters. The number of hydrogen-bond acceptors (Lipinski definition) is 6. The van der Waals surface area contributed by atoms with Crippen molar-refractivity contribution in [3.63, 3.8) is 0 Å². The molecule has 160 valence electrons. The number of methoxy groups -OCH3 is 3. The number of fused-ring (bicyclic) bond motifs is 2. The molecule has 4 rings (SSSR count). The highest BCUT2D eigenvalue weighted by Gasteiger charge is 2.41. The molecule has 2 aromatic rings. The van der Waals surface area contributed by atoms with Crippen molar-refractivity contribution in [3.05, 3.63) is 53.6 Å². The topological polar surface area (TPSA) is 57.2 Å². The average Bonchev–Trinajstić information content (AvgIpc) is 2.78. The Balaban J connectivity index is 1.54. The minimum absolute atomic E-state index is 0.0428. The zero-order valence-electron chi connectivity index (χ0n) is 17.8. The van der Waals surface area contributed by atoms with Crippen molar-refractivity contribution in [2.75, 3.05) is 34.5 Å². The van der Waals surface area contributed by atoms with Crippen molar-refractivity contribution >= 4 is 5.78 Å². The average molecular weight is 411 g/mol. The van der Waals surface area contributed by atoms with Gasteiger partial charge in [-0.15, -0.1) is 0 Å². The van der Waals surface area contributed by atoms with Crippen LogP contribution in [0.2, 0.25) is 0 Å². The van der Waals surface area contributed by atoms with Crippen LogP contribution in [-0.4, -0.2) is 57.3 Å². The van der Waals surface area contributed by atoms with Gasteiger partial charge in [0.15, 0.2) is 17.3 Å². The molecule has 0 spiro atoms. The molecule has 2 saturated heterocycles. The summed E-state index contributed by atoms with van der Waals surface area (Å²) in [6.45, 7) is 2.23. The molecule has 2 bridgehead atoms. The summed E-state index contributed by atoms with van der Waals surface area (Å²) in [5.74, 6) is 1.60. The number of benzene rings is 2. The van der Waals surface area contributed by atoms with E-state index in [1.165, 1.54) is 5.56 Å². The Bertz CT molecular complexity index is 845. The van der Waals surface area contributed by atoms with Gasteiger partial charge in [0.1, 0.15) is 0 Å². The molecule has 0 radical (unpaired) electrons. The van der Waals surface area contributed by atoms with Crippen molar-refractivity contribution < 1.29 is 23.7 Å². The maximum absolute atomic E-state index is 13.4. The number of carbonyl (C=O) groups excluding carboxylic acids is 1. The molecular formula is C24H29NO5. The molecule has 6 nitrogen and oxygen atoms in total. The van der Waals surface area contributed by atoms with E-state index in [1.807, 2.05) is 6.07 Å². The lowest BCUT2D eigenvalue weighted by Gasteiger charge is -2.48. The zero-order chi connectivity index (χ0) is 21.1. The number of ether oxygens (including phenoxy) is 4. The summed E-state index contributed by atoms with van der Waals surface area (Å²) in [5, 5.41) is 0. The lowest BCUT2D eigenvalue weighted by atomic mass is 9.80. The first-order valence-electron chi connectivity index (χ1n) is 10.4. The van der Waals surface area contributed by atoms with E-state index in [0.29, 0.717) is 36.0 Å². The first-order chi connectivity index (χ1) is 14.6. The third-order valence-electron chi connectivity index (χ3n) is 6.20. The molecule has 0 aromatic heterocycles. The maximum atomic E-state index is 13.4. The Hall–Kier alpha value is -2.57. The van der Waals surface area contributed by atoms with Gasteiger partial charge in [0.2, 0.25) is 5.75 Å². The number of morpholine rings is 1. The summed E-state index contributed by atoms with van der Waals surface area (Å²) >= 11 is 0. The predicted molar refractivity (Wildman–Crippen MR) is 114 cm³/mol. The Labute approximate surface area is 177 Å². The highest BCUT2D eigenvalue weighted by molar-refractivity contribution is 5.99. The molecule has 2 aliphatic rings. The molecular weight excluding hydrogens is 382 g/mol.